The average molecular weight is 251 g/mol. The maximum absolute atomic E-state index is 10.2. The van der Waals surface area contributed by atoms with Crippen molar-refractivity contribution in [2.24, 2.45) is 0 Å². The number of hydrogen-bond acceptors (Lipinski definition) is 1. The summed E-state index contributed by atoms with van der Waals surface area (Å²) in [5.74, 6) is 0. The van der Waals surface area contributed by atoms with Crippen molar-refractivity contribution in [2.75, 3.05) is 0 Å². The minimum atomic E-state index is 0.528. The average Bonchev–Trinajstić information content (AvgIpc) is 1.88. The molecule has 0 radical (unpaired) electrons. The molecule has 46 valence electrons. The Kier molecular flexibility index (Phi) is 2.53. The number of hydrogen-bond donors (Lipinski definition) is 0. The van der Waals surface area contributed by atoms with Crippen LogP contribution in [0.1, 0.15) is 0 Å². The van der Waals surface area contributed by atoms with E-state index in [1.165, 1.54) is 0 Å². The first kappa shape index (κ1) is 7.08. The second-order valence-corrected chi connectivity index (χ2v) is 3.42. The van der Waals surface area contributed by atoms with Crippen molar-refractivity contribution in [3.05, 3.63) is 27.8 Å². The third-order valence-electron chi connectivity index (χ3n) is 0.892. The van der Waals surface area contributed by atoms with Gasteiger partial charge in [-0.05, 0) is 28.7 Å². The predicted octanol–water partition coefficient (Wildman–Crippen LogP) is 2.08. The number of benzene rings is 1. The molecule has 0 aliphatic rings. The summed E-state index contributed by atoms with van der Waals surface area (Å²) in [4.78, 5) is 0.780. The van der Waals surface area contributed by atoms with E-state index in [1.807, 2.05) is 18.2 Å². The van der Waals surface area contributed by atoms with Crippen LogP contribution >= 0.6 is 22.6 Å². The third-order valence-corrected chi connectivity index (χ3v) is 2.01. The summed E-state index contributed by atoms with van der Waals surface area (Å²) in [7, 11) is 0. The molecule has 9 heavy (non-hydrogen) atoms. The van der Waals surface area contributed by atoms with E-state index in [-0.39, 0.29) is 0 Å². The van der Waals surface area contributed by atoms with Gasteiger partial charge < -0.3 is 0 Å². The summed E-state index contributed by atoms with van der Waals surface area (Å²) in [6.45, 7) is 0. The summed E-state index contributed by atoms with van der Waals surface area (Å²) in [6, 6.07) is 7.50. The van der Waals surface area contributed by atoms with E-state index in [0.29, 0.717) is 11.7 Å². The molecule has 0 saturated carbocycles. The van der Waals surface area contributed by atoms with Crippen LogP contribution in [-0.4, -0.2) is 0 Å². The molecule has 1 aromatic rings. The molecule has 0 aliphatic heterocycles. The zero-order chi connectivity index (χ0) is 6.69. The maximum atomic E-state index is 10.2. The van der Waals surface area contributed by atoms with Gasteiger partial charge in [-0.2, -0.15) is 0 Å². The molecule has 0 unspecified atom stereocenters. The Bertz CT molecular complexity index is 224. The minimum absolute atomic E-state index is 0.528. The van der Waals surface area contributed by atoms with Crippen LogP contribution in [0.15, 0.2) is 29.2 Å². The fourth-order valence-corrected chi connectivity index (χ4v) is 1.58. The van der Waals surface area contributed by atoms with E-state index in [4.69, 9.17) is 0 Å². The minimum Gasteiger partial charge on any atom is -0.0554 e. The summed E-state index contributed by atoms with van der Waals surface area (Å²) < 4.78 is 11.3. The van der Waals surface area contributed by atoms with E-state index in [1.54, 1.807) is 6.07 Å². The molecule has 0 bridgehead atoms. The lowest BCUT2D eigenvalue weighted by atomic mass is 10.4. The van der Waals surface area contributed by atoms with Crippen LogP contribution in [0.2, 0.25) is 0 Å². The Morgan fingerprint density at radius 1 is 1.44 bits per heavy atom. The highest BCUT2D eigenvalue weighted by atomic mass is 127. The van der Waals surface area contributed by atoms with Crippen molar-refractivity contribution in [1.82, 2.24) is 0 Å². The van der Waals surface area contributed by atoms with Gasteiger partial charge in [0, 0.05) is 19.9 Å². The summed E-state index contributed by atoms with van der Waals surface area (Å²) in [6.07, 6.45) is 0. The van der Waals surface area contributed by atoms with E-state index in [0.717, 1.165) is 8.47 Å². The van der Waals surface area contributed by atoms with Crippen LogP contribution in [0.25, 0.3) is 0 Å². The quantitative estimate of drug-likeness (QED) is 0.551. The molecule has 1 rings (SSSR count). The zero-order valence-corrected chi connectivity index (χ0v) is 7.48. The fraction of sp³-hybridized carbons (Fsp3) is 0. The highest BCUT2D eigenvalue weighted by Crippen LogP contribution is 2.06. The van der Waals surface area contributed by atoms with Gasteiger partial charge in [-0.25, -0.2) is 0 Å². The van der Waals surface area contributed by atoms with Crippen molar-refractivity contribution in [3.63, 3.8) is 0 Å². The predicted molar refractivity (Wildman–Crippen MR) is 45.5 cm³/mol. The topological polar surface area (TPSA) is 17.1 Å². The van der Waals surface area contributed by atoms with Gasteiger partial charge in [-0.1, -0.05) is 6.07 Å². The molecule has 0 fully saturated rings. The normalized spacial score (nSPS) is 9.00. The molecule has 0 amide bonds. The van der Waals surface area contributed by atoms with Crippen LogP contribution in [0.5, 0.6) is 0 Å². The van der Waals surface area contributed by atoms with Gasteiger partial charge >= 0.3 is 11.7 Å². The van der Waals surface area contributed by atoms with Gasteiger partial charge in [0.25, 0.3) is 4.90 Å². The Morgan fingerprint density at radius 3 is 2.67 bits per heavy atom. The third kappa shape index (κ3) is 1.98. The lowest BCUT2D eigenvalue weighted by Gasteiger charge is -1.80. The molecular formula is C6H4IOS+. The monoisotopic (exact) mass is 251 g/mol. The molecule has 0 atom stereocenters. The molecule has 0 aliphatic carbocycles. The molecular weight excluding hydrogens is 247 g/mol. The second-order valence-electron chi connectivity index (χ2n) is 1.54. The van der Waals surface area contributed by atoms with Crippen molar-refractivity contribution in [3.8, 4) is 0 Å². The molecule has 1 aromatic carbocycles. The molecule has 0 N–H and O–H groups in total. The van der Waals surface area contributed by atoms with Crippen LogP contribution in [0.3, 0.4) is 0 Å². The standard InChI is InChI=1S/C6H4IOS/c7-5-2-1-3-6(4-5)9-8/h1-4H/q+1. The van der Waals surface area contributed by atoms with Gasteiger partial charge in [0.15, 0.2) is 0 Å². The van der Waals surface area contributed by atoms with Gasteiger partial charge in [-0.3, -0.25) is 0 Å². The first-order chi connectivity index (χ1) is 4.33. The summed E-state index contributed by atoms with van der Waals surface area (Å²) in [5, 5.41) is 0. The fourth-order valence-electron chi connectivity index (χ4n) is 0.519. The molecule has 0 heterocycles. The smallest absolute Gasteiger partial charge is 0.0554 e. The van der Waals surface area contributed by atoms with Gasteiger partial charge in [0.05, 0.1) is 0 Å². The van der Waals surface area contributed by atoms with Crippen LogP contribution in [0, 0.1) is 3.57 Å². The van der Waals surface area contributed by atoms with E-state index in [9.17, 15) is 4.21 Å². The van der Waals surface area contributed by atoms with Gasteiger partial charge in [0.2, 0.25) is 0 Å². The lowest BCUT2D eigenvalue weighted by molar-refractivity contribution is 0.605. The Balaban J connectivity index is 3.07. The first-order valence-electron chi connectivity index (χ1n) is 2.38. The van der Waals surface area contributed by atoms with Crippen molar-refractivity contribution in [1.29, 1.82) is 0 Å². The Labute approximate surface area is 71.1 Å². The molecule has 1 nitrogen and oxygen atoms in total. The molecule has 0 saturated heterocycles. The van der Waals surface area contributed by atoms with Crippen molar-refractivity contribution < 1.29 is 4.21 Å². The van der Waals surface area contributed by atoms with E-state index >= 15 is 0 Å². The number of rotatable bonds is 1. The van der Waals surface area contributed by atoms with Gasteiger partial charge in [-0.15, -0.1) is 0 Å². The highest BCUT2D eigenvalue weighted by Gasteiger charge is 2.03. The van der Waals surface area contributed by atoms with Crippen molar-refractivity contribution >= 4 is 34.3 Å². The lowest BCUT2D eigenvalue weighted by Crippen LogP contribution is -1.73. The number of halogens is 1. The van der Waals surface area contributed by atoms with Crippen molar-refractivity contribution in [2.45, 2.75) is 4.90 Å². The van der Waals surface area contributed by atoms with E-state index in [2.05, 4.69) is 22.6 Å². The van der Waals surface area contributed by atoms with Crippen LogP contribution in [-0.2, 0) is 15.9 Å². The highest BCUT2D eigenvalue weighted by molar-refractivity contribution is 14.1. The molecule has 0 spiro atoms. The molecule has 3 heteroatoms. The Morgan fingerprint density at radius 2 is 2.22 bits per heavy atom. The second kappa shape index (κ2) is 3.22. The van der Waals surface area contributed by atoms with Gasteiger partial charge in [0.1, 0.15) is 0 Å². The maximum Gasteiger partial charge on any atom is 0.505 e. The largest absolute Gasteiger partial charge is 0.505 e. The zero-order valence-electron chi connectivity index (χ0n) is 4.50. The summed E-state index contributed by atoms with van der Waals surface area (Å²) in [5.41, 5.74) is 0. The molecule has 0 aromatic heterocycles. The van der Waals surface area contributed by atoms with Crippen LogP contribution in [0.4, 0.5) is 0 Å². The first-order valence-corrected chi connectivity index (χ1v) is 4.20. The summed E-state index contributed by atoms with van der Waals surface area (Å²) >= 11 is 2.70. The van der Waals surface area contributed by atoms with Crippen LogP contribution < -0.4 is 0 Å². The Hall–Kier alpha value is -0.0300. The van der Waals surface area contributed by atoms with E-state index < -0.39 is 0 Å². The SMILES string of the molecule is O=[S+]c1cccc(I)c1.